The number of guanidine groups is 1. The number of nitrogens with one attached hydrogen (secondary N) is 2. The van der Waals surface area contributed by atoms with Gasteiger partial charge in [0.2, 0.25) is 0 Å². The fourth-order valence-corrected chi connectivity index (χ4v) is 2.66. The molecular weight excluding hydrogens is 497 g/mol. The van der Waals surface area contributed by atoms with E-state index in [1.807, 2.05) is 43.3 Å². The van der Waals surface area contributed by atoms with Gasteiger partial charge in [-0.25, -0.2) is 4.99 Å². The molecule has 0 aliphatic rings. The second-order valence-electron chi connectivity index (χ2n) is 6.31. The van der Waals surface area contributed by atoms with Gasteiger partial charge < -0.3 is 30.0 Å². The number of aliphatic imine (C=N–C) groups is 1. The lowest BCUT2D eigenvalue weighted by Gasteiger charge is -2.14. The minimum Gasteiger partial charge on any atom is -0.504 e. The Balaban J connectivity index is 0.00000450. The van der Waals surface area contributed by atoms with Crippen LogP contribution in [-0.2, 0) is 17.8 Å². The molecular formula is C22H32IN3O4. The quantitative estimate of drug-likeness (QED) is 0.178. The van der Waals surface area contributed by atoms with Crippen LogP contribution >= 0.6 is 24.0 Å². The van der Waals surface area contributed by atoms with Crippen molar-refractivity contribution >= 4 is 29.9 Å². The van der Waals surface area contributed by atoms with E-state index >= 15 is 0 Å². The van der Waals surface area contributed by atoms with Gasteiger partial charge in [0.15, 0.2) is 17.5 Å². The molecule has 0 bridgehead atoms. The van der Waals surface area contributed by atoms with Gasteiger partial charge in [-0.1, -0.05) is 24.3 Å². The van der Waals surface area contributed by atoms with Gasteiger partial charge in [0.05, 0.1) is 20.8 Å². The highest BCUT2D eigenvalue weighted by Crippen LogP contribution is 2.29. The molecule has 0 saturated heterocycles. The Bertz CT molecular complexity index is 769. The standard InChI is InChI=1S/C22H31N3O4.HI/c1-4-29-14-6-13-23-22(24-15-17-9-11-19(27-2)12-10-17)25-16-18-7-5-8-20(28-3)21(18)26;/h5,7-12,26H,4,6,13-16H2,1-3H3,(H2,23,24,25);1H. The number of para-hydroxylation sites is 1. The fraction of sp³-hybridized carbons (Fsp3) is 0.409. The van der Waals surface area contributed by atoms with E-state index < -0.39 is 0 Å². The molecule has 0 spiro atoms. The molecule has 0 aromatic heterocycles. The van der Waals surface area contributed by atoms with Gasteiger partial charge in [-0.2, -0.15) is 0 Å². The van der Waals surface area contributed by atoms with E-state index in [4.69, 9.17) is 14.2 Å². The van der Waals surface area contributed by atoms with Crippen molar-refractivity contribution in [1.29, 1.82) is 0 Å². The predicted octanol–water partition coefficient (Wildman–Crippen LogP) is 3.69. The number of benzene rings is 2. The Morgan fingerprint density at radius 1 is 1.03 bits per heavy atom. The molecule has 0 atom stereocenters. The van der Waals surface area contributed by atoms with Crippen LogP contribution in [0, 0.1) is 0 Å². The van der Waals surface area contributed by atoms with Gasteiger partial charge in [-0.05, 0) is 37.1 Å². The molecule has 30 heavy (non-hydrogen) atoms. The number of phenols is 1. The zero-order valence-corrected chi connectivity index (χ0v) is 20.1. The molecule has 0 aliphatic carbocycles. The van der Waals surface area contributed by atoms with Crippen LogP contribution in [0.3, 0.4) is 0 Å². The van der Waals surface area contributed by atoms with Crippen LogP contribution in [0.5, 0.6) is 17.2 Å². The lowest BCUT2D eigenvalue weighted by Crippen LogP contribution is -2.37. The number of ether oxygens (including phenoxy) is 3. The van der Waals surface area contributed by atoms with Crippen LogP contribution in [0.15, 0.2) is 47.5 Å². The first-order valence-electron chi connectivity index (χ1n) is 9.75. The maximum absolute atomic E-state index is 10.3. The van der Waals surface area contributed by atoms with Crippen molar-refractivity contribution in [3.63, 3.8) is 0 Å². The first kappa shape index (κ1) is 25.8. The maximum atomic E-state index is 10.3. The smallest absolute Gasteiger partial charge is 0.191 e. The van der Waals surface area contributed by atoms with Crippen LogP contribution < -0.4 is 20.1 Å². The minimum atomic E-state index is 0. The summed E-state index contributed by atoms with van der Waals surface area (Å²) in [7, 11) is 3.18. The summed E-state index contributed by atoms with van der Waals surface area (Å²) in [6.45, 7) is 5.07. The van der Waals surface area contributed by atoms with E-state index in [2.05, 4.69) is 15.6 Å². The molecule has 0 amide bonds. The summed E-state index contributed by atoms with van der Waals surface area (Å²) in [5, 5.41) is 16.9. The molecule has 0 radical (unpaired) electrons. The van der Waals surface area contributed by atoms with E-state index in [1.54, 1.807) is 13.2 Å². The van der Waals surface area contributed by atoms with Gasteiger partial charge in [0, 0.05) is 31.9 Å². The van der Waals surface area contributed by atoms with Crippen LogP contribution in [0.2, 0.25) is 0 Å². The third kappa shape index (κ3) is 8.66. The van der Waals surface area contributed by atoms with E-state index in [9.17, 15) is 5.11 Å². The van der Waals surface area contributed by atoms with Gasteiger partial charge in [-0.3, -0.25) is 0 Å². The largest absolute Gasteiger partial charge is 0.504 e. The highest BCUT2D eigenvalue weighted by molar-refractivity contribution is 14.0. The molecule has 7 nitrogen and oxygen atoms in total. The molecule has 0 aliphatic heterocycles. The van der Waals surface area contributed by atoms with Crippen molar-refractivity contribution < 1.29 is 19.3 Å². The van der Waals surface area contributed by atoms with Crippen molar-refractivity contribution in [1.82, 2.24) is 10.6 Å². The first-order valence-corrected chi connectivity index (χ1v) is 9.75. The lowest BCUT2D eigenvalue weighted by atomic mass is 10.2. The first-order chi connectivity index (χ1) is 14.2. The fourth-order valence-electron chi connectivity index (χ4n) is 2.66. The Labute approximate surface area is 195 Å². The number of phenolic OH excluding ortho intramolecular Hbond substituents is 1. The van der Waals surface area contributed by atoms with Crippen LogP contribution in [0.25, 0.3) is 0 Å². The number of rotatable bonds is 11. The zero-order valence-electron chi connectivity index (χ0n) is 17.8. The molecule has 166 valence electrons. The van der Waals surface area contributed by atoms with Crippen molar-refractivity contribution in [2.45, 2.75) is 26.4 Å². The summed E-state index contributed by atoms with van der Waals surface area (Å²) in [5.41, 5.74) is 1.81. The summed E-state index contributed by atoms with van der Waals surface area (Å²) in [6.07, 6.45) is 0.876. The lowest BCUT2D eigenvalue weighted by molar-refractivity contribution is 0.145. The van der Waals surface area contributed by atoms with Gasteiger partial charge in [-0.15, -0.1) is 24.0 Å². The monoisotopic (exact) mass is 529 g/mol. The normalized spacial score (nSPS) is 10.8. The van der Waals surface area contributed by atoms with E-state index in [1.165, 1.54) is 7.11 Å². The molecule has 0 unspecified atom stereocenters. The number of methoxy groups -OCH3 is 2. The summed E-state index contributed by atoms with van der Waals surface area (Å²) in [6, 6.07) is 13.2. The molecule has 0 fully saturated rings. The Morgan fingerprint density at radius 2 is 1.80 bits per heavy atom. The third-order valence-corrected chi connectivity index (χ3v) is 4.29. The molecule has 3 N–H and O–H groups in total. The second-order valence-corrected chi connectivity index (χ2v) is 6.31. The number of aromatic hydroxyl groups is 1. The second kappa shape index (κ2) is 14.7. The molecule has 2 aromatic carbocycles. The molecule has 2 aromatic rings. The van der Waals surface area contributed by atoms with Gasteiger partial charge in [0.25, 0.3) is 0 Å². The van der Waals surface area contributed by atoms with Crippen LogP contribution in [-0.4, -0.2) is 45.0 Å². The van der Waals surface area contributed by atoms with Crippen molar-refractivity contribution in [3.05, 3.63) is 53.6 Å². The average Bonchev–Trinajstić information content (AvgIpc) is 2.76. The number of hydrogen-bond donors (Lipinski definition) is 3. The Kier molecular flexibility index (Phi) is 12.7. The summed E-state index contributed by atoms with van der Waals surface area (Å²) >= 11 is 0. The maximum Gasteiger partial charge on any atom is 0.191 e. The van der Waals surface area contributed by atoms with E-state index in [-0.39, 0.29) is 29.7 Å². The van der Waals surface area contributed by atoms with Crippen LogP contribution in [0.1, 0.15) is 24.5 Å². The minimum absolute atomic E-state index is 0. The molecule has 2 rings (SSSR count). The van der Waals surface area contributed by atoms with Crippen molar-refractivity contribution in [2.75, 3.05) is 34.0 Å². The Hall–Kier alpha value is -2.20. The van der Waals surface area contributed by atoms with E-state index in [0.717, 1.165) is 29.8 Å². The SMILES string of the molecule is CCOCCCNC(=NCc1ccc(OC)cc1)NCc1cccc(OC)c1O.I. The summed E-state index contributed by atoms with van der Waals surface area (Å²) < 4.78 is 15.7. The number of nitrogens with zero attached hydrogens (tertiary/aromatic N) is 1. The van der Waals surface area contributed by atoms with Crippen molar-refractivity contribution in [2.24, 2.45) is 4.99 Å². The Morgan fingerprint density at radius 3 is 2.47 bits per heavy atom. The topological polar surface area (TPSA) is 84.3 Å². The average molecular weight is 529 g/mol. The summed E-state index contributed by atoms with van der Waals surface area (Å²) in [5.74, 6) is 2.07. The zero-order chi connectivity index (χ0) is 20.9. The molecule has 8 heteroatoms. The summed E-state index contributed by atoms with van der Waals surface area (Å²) in [4.78, 5) is 4.65. The highest BCUT2D eigenvalue weighted by Gasteiger charge is 2.08. The van der Waals surface area contributed by atoms with Gasteiger partial charge >= 0.3 is 0 Å². The molecule has 0 heterocycles. The third-order valence-electron chi connectivity index (χ3n) is 4.29. The van der Waals surface area contributed by atoms with Crippen LogP contribution in [0.4, 0.5) is 0 Å². The number of hydrogen-bond acceptors (Lipinski definition) is 5. The molecule has 0 saturated carbocycles. The van der Waals surface area contributed by atoms with Gasteiger partial charge in [0.1, 0.15) is 5.75 Å². The highest BCUT2D eigenvalue weighted by atomic mass is 127. The number of halogens is 1. The predicted molar refractivity (Wildman–Crippen MR) is 130 cm³/mol. The van der Waals surface area contributed by atoms with Crippen molar-refractivity contribution in [3.8, 4) is 17.2 Å². The van der Waals surface area contributed by atoms with E-state index in [0.29, 0.717) is 38.0 Å².